The maximum Gasteiger partial charge on any atom is 0.266 e. The third kappa shape index (κ3) is 3.06. The molecule has 6 heteroatoms. The highest BCUT2D eigenvalue weighted by atomic mass is 35.5. The molecule has 0 saturated carbocycles. The van der Waals surface area contributed by atoms with Gasteiger partial charge in [-0.2, -0.15) is 0 Å². The van der Waals surface area contributed by atoms with E-state index in [0.717, 1.165) is 5.56 Å². The van der Waals surface area contributed by atoms with Crippen LogP contribution in [0.4, 0.5) is 0 Å². The number of pyridine rings is 1. The van der Waals surface area contributed by atoms with E-state index in [9.17, 15) is 4.79 Å². The largest absolute Gasteiger partial charge is 0.493 e. The molecule has 2 heterocycles. The average Bonchev–Trinajstić information content (AvgIpc) is 3.13. The van der Waals surface area contributed by atoms with Crippen molar-refractivity contribution in [2.75, 3.05) is 14.2 Å². The molecule has 136 valence electrons. The van der Waals surface area contributed by atoms with Crippen LogP contribution in [0.1, 0.15) is 0 Å². The first kappa shape index (κ1) is 17.2. The van der Waals surface area contributed by atoms with Crippen molar-refractivity contribution in [1.29, 1.82) is 0 Å². The van der Waals surface area contributed by atoms with Gasteiger partial charge in [-0.3, -0.25) is 9.36 Å². The summed E-state index contributed by atoms with van der Waals surface area (Å²) < 4.78 is 18.0. The van der Waals surface area contributed by atoms with Crippen molar-refractivity contribution in [2.24, 2.45) is 0 Å². The molecule has 2 aromatic heterocycles. The summed E-state index contributed by atoms with van der Waals surface area (Å²) in [5, 5.41) is 1.14. The number of rotatable bonds is 4. The molecule has 0 bridgehead atoms. The van der Waals surface area contributed by atoms with Gasteiger partial charge in [0.15, 0.2) is 11.5 Å². The number of furan rings is 1. The van der Waals surface area contributed by atoms with Crippen LogP contribution in [0, 0.1) is 0 Å². The average molecular weight is 382 g/mol. The number of methoxy groups -OCH3 is 2. The van der Waals surface area contributed by atoms with E-state index in [4.69, 9.17) is 25.5 Å². The molecule has 0 aliphatic heterocycles. The second-order valence-corrected chi connectivity index (χ2v) is 6.36. The molecular weight excluding hydrogens is 366 g/mol. The second-order valence-electron chi connectivity index (χ2n) is 5.93. The van der Waals surface area contributed by atoms with Gasteiger partial charge in [0, 0.05) is 22.8 Å². The van der Waals surface area contributed by atoms with Crippen LogP contribution in [-0.2, 0) is 0 Å². The lowest BCUT2D eigenvalue weighted by Gasteiger charge is -2.11. The molecule has 4 rings (SSSR count). The Morgan fingerprint density at radius 3 is 2.37 bits per heavy atom. The van der Waals surface area contributed by atoms with Gasteiger partial charge in [0.25, 0.3) is 5.56 Å². The summed E-state index contributed by atoms with van der Waals surface area (Å²) in [7, 11) is 3.13. The van der Waals surface area contributed by atoms with E-state index in [1.807, 2.05) is 12.1 Å². The van der Waals surface area contributed by atoms with Crippen LogP contribution < -0.4 is 15.0 Å². The minimum atomic E-state index is -0.177. The number of hydrogen-bond acceptors (Lipinski definition) is 4. The minimum Gasteiger partial charge on any atom is -0.493 e. The first-order valence-electron chi connectivity index (χ1n) is 8.24. The topological polar surface area (TPSA) is 53.6 Å². The van der Waals surface area contributed by atoms with Gasteiger partial charge in [-0.25, -0.2) is 0 Å². The molecule has 0 fully saturated rings. The number of benzene rings is 2. The molecule has 0 saturated heterocycles. The third-order valence-corrected chi connectivity index (χ3v) is 4.61. The third-order valence-electron chi connectivity index (χ3n) is 4.36. The van der Waals surface area contributed by atoms with Crippen molar-refractivity contribution in [3.63, 3.8) is 0 Å². The standard InChI is InChI=1S/C21H16ClNO4/c1-25-18-8-7-15(11-20(18)26-2)23-10-9-17-16(21(23)24)12-19(27-17)13-3-5-14(22)6-4-13/h3-12H,1-2H3. The fourth-order valence-electron chi connectivity index (χ4n) is 2.97. The number of aromatic nitrogens is 1. The van der Waals surface area contributed by atoms with Gasteiger partial charge in [-0.15, -0.1) is 0 Å². The van der Waals surface area contributed by atoms with Crippen molar-refractivity contribution in [3.05, 3.63) is 76.2 Å². The molecule has 27 heavy (non-hydrogen) atoms. The zero-order valence-corrected chi connectivity index (χ0v) is 15.5. The maximum atomic E-state index is 13.0. The highest BCUT2D eigenvalue weighted by Gasteiger charge is 2.13. The lowest BCUT2D eigenvalue weighted by molar-refractivity contribution is 0.355. The van der Waals surface area contributed by atoms with Crippen LogP contribution >= 0.6 is 11.6 Å². The predicted octanol–water partition coefficient (Wildman–Crippen LogP) is 4.92. The highest BCUT2D eigenvalue weighted by Crippen LogP contribution is 2.30. The van der Waals surface area contributed by atoms with Gasteiger partial charge < -0.3 is 13.9 Å². The molecule has 0 aliphatic carbocycles. The van der Waals surface area contributed by atoms with Crippen molar-refractivity contribution in [3.8, 4) is 28.5 Å². The molecule has 2 aromatic carbocycles. The number of ether oxygens (including phenoxy) is 2. The molecule has 0 unspecified atom stereocenters. The number of fused-ring (bicyclic) bond motifs is 1. The van der Waals surface area contributed by atoms with E-state index in [2.05, 4.69) is 0 Å². The maximum absolute atomic E-state index is 13.0. The Morgan fingerprint density at radius 1 is 0.926 bits per heavy atom. The van der Waals surface area contributed by atoms with Crippen molar-refractivity contribution >= 4 is 22.6 Å². The SMILES string of the molecule is COc1ccc(-n2ccc3oc(-c4ccc(Cl)cc4)cc3c2=O)cc1OC. The van der Waals surface area contributed by atoms with Gasteiger partial charge in [-0.05, 0) is 48.5 Å². The molecule has 0 atom stereocenters. The molecule has 0 amide bonds. The minimum absolute atomic E-state index is 0.177. The molecular formula is C21H16ClNO4. The van der Waals surface area contributed by atoms with Crippen molar-refractivity contribution < 1.29 is 13.9 Å². The number of hydrogen-bond donors (Lipinski definition) is 0. The van der Waals surface area contributed by atoms with Gasteiger partial charge in [0.1, 0.15) is 11.3 Å². The van der Waals surface area contributed by atoms with E-state index in [1.54, 1.807) is 67.4 Å². The molecule has 0 N–H and O–H groups in total. The van der Waals surface area contributed by atoms with Crippen LogP contribution in [0.15, 0.2) is 70.0 Å². The number of halogens is 1. The Labute approximate surface area is 160 Å². The lowest BCUT2D eigenvalue weighted by Crippen LogP contribution is -2.16. The van der Waals surface area contributed by atoms with Crippen LogP contribution in [0.2, 0.25) is 5.02 Å². The summed E-state index contributed by atoms with van der Waals surface area (Å²) in [6, 6.07) is 16.1. The van der Waals surface area contributed by atoms with Crippen molar-refractivity contribution in [2.45, 2.75) is 0 Å². The first-order valence-corrected chi connectivity index (χ1v) is 8.62. The van der Waals surface area contributed by atoms with E-state index in [-0.39, 0.29) is 5.56 Å². The van der Waals surface area contributed by atoms with Gasteiger partial charge >= 0.3 is 0 Å². The van der Waals surface area contributed by atoms with Crippen LogP contribution in [0.5, 0.6) is 11.5 Å². The smallest absolute Gasteiger partial charge is 0.266 e. The second kappa shape index (κ2) is 6.85. The van der Waals surface area contributed by atoms with Gasteiger partial charge in [-0.1, -0.05) is 11.6 Å². The molecule has 5 nitrogen and oxygen atoms in total. The Morgan fingerprint density at radius 2 is 1.67 bits per heavy atom. The Kier molecular flexibility index (Phi) is 4.38. The monoisotopic (exact) mass is 381 g/mol. The zero-order chi connectivity index (χ0) is 19.0. The normalized spacial score (nSPS) is 10.9. The fourth-order valence-corrected chi connectivity index (χ4v) is 3.10. The van der Waals surface area contributed by atoms with Crippen molar-refractivity contribution in [1.82, 2.24) is 4.57 Å². The van der Waals surface area contributed by atoms with Crippen LogP contribution in [-0.4, -0.2) is 18.8 Å². The summed E-state index contributed by atoms with van der Waals surface area (Å²) in [6.45, 7) is 0. The van der Waals surface area contributed by atoms with E-state index in [1.165, 1.54) is 0 Å². The quantitative estimate of drug-likeness (QED) is 0.503. The molecule has 0 aliphatic rings. The van der Waals surface area contributed by atoms with Crippen LogP contribution in [0.25, 0.3) is 28.0 Å². The zero-order valence-electron chi connectivity index (χ0n) is 14.7. The van der Waals surface area contributed by atoms with Crippen LogP contribution in [0.3, 0.4) is 0 Å². The Bertz CT molecular complexity index is 1180. The molecule has 0 spiro atoms. The summed E-state index contributed by atoms with van der Waals surface area (Å²) in [6.07, 6.45) is 1.68. The Hall–Kier alpha value is -3.18. The molecule has 4 aromatic rings. The highest BCUT2D eigenvalue weighted by molar-refractivity contribution is 6.30. The fraction of sp³-hybridized carbons (Fsp3) is 0.0952. The Balaban J connectivity index is 1.83. The summed E-state index contributed by atoms with van der Waals surface area (Å²) in [5.41, 5.74) is 1.88. The predicted molar refractivity (Wildman–Crippen MR) is 105 cm³/mol. The van der Waals surface area contributed by atoms with Gasteiger partial charge in [0.05, 0.1) is 25.3 Å². The van der Waals surface area contributed by atoms with E-state index in [0.29, 0.717) is 38.9 Å². The summed E-state index contributed by atoms with van der Waals surface area (Å²) in [5.74, 6) is 1.77. The lowest BCUT2D eigenvalue weighted by atomic mass is 10.1. The first-order chi connectivity index (χ1) is 13.1. The van der Waals surface area contributed by atoms with E-state index >= 15 is 0 Å². The summed E-state index contributed by atoms with van der Waals surface area (Å²) >= 11 is 5.93. The number of nitrogens with zero attached hydrogens (tertiary/aromatic N) is 1. The summed E-state index contributed by atoms with van der Waals surface area (Å²) in [4.78, 5) is 13.0. The van der Waals surface area contributed by atoms with E-state index < -0.39 is 0 Å². The molecule has 0 radical (unpaired) electrons. The van der Waals surface area contributed by atoms with Gasteiger partial charge in [0.2, 0.25) is 0 Å².